The van der Waals surface area contributed by atoms with Crippen molar-refractivity contribution < 1.29 is 4.79 Å². The molecule has 19 heavy (non-hydrogen) atoms. The van der Waals surface area contributed by atoms with Crippen LogP contribution in [0.5, 0.6) is 0 Å². The Morgan fingerprint density at radius 2 is 2.00 bits per heavy atom. The summed E-state index contributed by atoms with van der Waals surface area (Å²) in [7, 11) is 0. The molecule has 2 heteroatoms. The third-order valence-electron chi connectivity index (χ3n) is 4.96. The van der Waals surface area contributed by atoms with Crippen LogP contribution in [0.1, 0.15) is 74.1 Å². The maximum atomic E-state index is 12.5. The highest BCUT2D eigenvalue weighted by Gasteiger charge is 2.27. The molecule has 2 aliphatic rings. The molecule has 0 N–H and O–H groups in total. The Labute approximate surface area is 120 Å². The second-order valence-corrected chi connectivity index (χ2v) is 7.25. The van der Waals surface area contributed by atoms with Gasteiger partial charge in [-0.05, 0) is 48.6 Å². The molecule has 1 nitrogen and oxygen atoms in total. The minimum atomic E-state index is 0.235. The number of hydrogen-bond acceptors (Lipinski definition) is 2. The third kappa shape index (κ3) is 3.10. The molecule has 1 heterocycles. The van der Waals surface area contributed by atoms with Crippen LogP contribution in [0.15, 0.2) is 11.4 Å². The molecule has 3 rings (SSSR count). The molecule has 0 saturated heterocycles. The zero-order valence-electron chi connectivity index (χ0n) is 11.7. The van der Waals surface area contributed by atoms with Crippen molar-refractivity contribution in [3.8, 4) is 0 Å². The molecule has 1 aromatic heterocycles. The standard InChI is InChI=1S/C17H24OS/c18-16(10-9-13-5-2-1-3-6-13)14-7-4-8-17-15(14)11-12-19-17/h11-14H,1-10H2. The second-order valence-electron chi connectivity index (χ2n) is 6.25. The van der Waals surface area contributed by atoms with Gasteiger partial charge >= 0.3 is 0 Å². The van der Waals surface area contributed by atoms with Crippen LogP contribution in [-0.4, -0.2) is 5.78 Å². The molecule has 1 saturated carbocycles. The van der Waals surface area contributed by atoms with Gasteiger partial charge in [-0.2, -0.15) is 0 Å². The van der Waals surface area contributed by atoms with E-state index >= 15 is 0 Å². The fourth-order valence-corrected chi connectivity index (χ4v) is 4.80. The molecule has 0 radical (unpaired) electrons. The van der Waals surface area contributed by atoms with Gasteiger partial charge in [0.1, 0.15) is 5.78 Å². The van der Waals surface area contributed by atoms with Crippen LogP contribution in [0.25, 0.3) is 0 Å². The summed E-state index contributed by atoms with van der Waals surface area (Å²) in [6.45, 7) is 0. The Kier molecular flexibility index (Phi) is 4.37. The predicted molar refractivity (Wildman–Crippen MR) is 80.8 cm³/mol. The van der Waals surface area contributed by atoms with Crippen LogP contribution in [-0.2, 0) is 11.2 Å². The van der Waals surface area contributed by atoms with E-state index in [4.69, 9.17) is 0 Å². The molecule has 0 spiro atoms. The third-order valence-corrected chi connectivity index (χ3v) is 5.96. The van der Waals surface area contributed by atoms with E-state index in [1.54, 1.807) is 0 Å². The number of hydrogen-bond donors (Lipinski definition) is 0. The van der Waals surface area contributed by atoms with E-state index in [1.807, 2.05) is 11.3 Å². The predicted octanol–water partition coefficient (Wildman–Crippen LogP) is 5.10. The summed E-state index contributed by atoms with van der Waals surface area (Å²) in [6, 6.07) is 2.20. The number of Topliss-reactive ketones (excluding diaryl/α,β-unsaturated/α-hetero) is 1. The van der Waals surface area contributed by atoms with Crippen LogP contribution in [0.2, 0.25) is 0 Å². The molecular formula is C17H24OS. The molecule has 0 amide bonds. The van der Waals surface area contributed by atoms with Gasteiger partial charge in [-0.15, -0.1) is 11.3 Å². The van der Waals surface area contributed by atoms with Crippen molar-refractivity contribution in [2.75, 3.05) is 0 Å². The van der Waals surface area contributed by atoms with Crippen LogP contribution < -0.4 is 0 Å². The SMILES string of the molecule is O=C(CCC1CCCCC1)C1CCCc2sccc21. The lowest BCUT2D eigenvalue weighted by Gasteiger charge is -2.24. The van der Waals surface area contributed by atoms with E-state index in [0.29, 0.717) is 5.78 Å². The number of ketones is 1. The Morgan fingerprint density at radius 1 is 1.16 bits per heavy atom. The van der Waals surface area contributed by atoms with Gasteiger partial charge in [0, 0.05) is 17.2 Å². The minimum absolute atomic E-state index is 0.235. The number of aryl methyl sites for hydroxylation is 1. The second kappa shape index (κ2) is 6.21. The summed E-state index contributed by atoms with van der Waals surface area (Å²) in [5.41, 5.74) is 1.37. The van der Waals surface area contributed by atoms with Gasteiger partial charge < -0.3 is 0 Å². The average Bonchev–Trinajstić information content (AvgIpc) is 2.94. The van der Waals surface area contributed by atoms with E-state index in [1.165, 1.54) is 55.4 Å². The molecule has 1 fully saturated rings. The van der Waals surface area contributed by atoms with Crippen LogP contribution in [0, 0.1) is 5.92 Å². The molecule has 1 aromatic rings. The fraction of sp³-hybridized carbons (Fsp3) is 0.706. The average molecular weight is 276 g/mol. The number of carbonyl (C=O) groups is 1. The van der Waals surface area contributed by atoms with Crippen LogP contribution in [0.3, 0.4) is 0 Å². The highest BCUT2D eigenvalue weighted by Crippen LogP contribution is 2.37. The van der Waals surface area contributed by atoms with E-state index in [2.05, 4.69) is 11.4 Å². The van der Waals surface area contributed by atoms with Gasteiger partial charge in [-0.25, -0.2) is 0 Å². The lowest BCUT2D eigenvalue weighted by molar-refractivity contribution is -0.121. The maximum absolute atomic E-state index is 12.5. The molecule has 1 atom stereocenters. The smallest absolute Gasteiger partial charge is 0.140 e. The lowest BCUT2D eigenvalue weighted by atomic mass is 9.80. The first-order valence-electron chi connectivity index (χ1n) is 7.93. The van der Waals surface area contributed by atoms with Crippen molar-refractivity contribution in [2.45, 2.75) is 70.1 Å². The van der Waals surface area contributed by atoms with E-state index in [9.17, 15) is 4.79 Å². The first kappa shape index (κ1) is 13.4. The highest BCUT2D eigenvalue weighted by atomic mass is 32.1. The molecule has 0 bridgehead atoms. The Bertz CT molecular complexity index is 428. The van der Waals surface area contributed by atoms with Crippen molar-refractivity contribution in [2.24, 2.45) is 5.92 Å². The molecule has 0 aromatic carbocycles. The highest BCUT2D eigenvalue weighted by molar-refractivity contribution is 7.10. The summed E-state index contributed by atoms with van der Waals surface area (Å²) < 4.78 is 0. The summed E-state index contributed by atoms with van der Waals surface area (Å²) >= 11 is 1.84. The summed E-state index contributed by atoms with van der Waals surface area (Å²) in [4.78, 5) is 14.0. The summed E-state index contributed by atoms with van der Waals surface area (Å²) in [6.07, 6.45) is 12.4. The molecule has 104 valence electrons. The summed E-state index contributed by atoms with van der Waals surface area (Å²) in [5.74, 6) is 1.59. The van der Waals surface area contributed by atoms with Crippen molar-refractivity contribution in [3.05, 3.63) is 21.9 Å². The normalized spacial score (nSPS) is 24.1. The monoisotopic (exact) mass is 276 g/mol. The number of thiophene rings is 1. The van der Waals surface area contributed by atoms with Crippen molar-refractivity contribution >= 4 is 17.1 Å². The largest absolute Gasteiger partial charge is 0.299 e. The zero-order valence-corrected chi connectivity index (χ0v) is 12.5. The van der Waals surface area contributed by atoms with Gasteiger partial charge in [0.15, 0.2) is 0 Å². The minimum Gasteiger partial charge on any atom is -0.299 e. The van der Waals surface area contributed by atoms with Gasteiger partial charge in [-0.1, -0.05) is 32.1 Å². The van der Waals surface area contributed by atoms with Gasteiger partial charge in [0.05, 0.1) is 0 Å². The van der Waals surface area contributed by atoms with E-state index < -0.39 is 0 Å². The van der Waals surface area contributed by atoms with Crippen molar-refractivity contribution in [3.63, 3.8) is 0 Å². The van der Waals surface area contributed by atoms with E-state index in [0.717, 1.165) is 25.2 Å². The Balaban J connectivity index is 1.56. The van der Waals surface area contributed by atoms with Gasteiger partial charge in [0.25, 0.3) is 0 Å². The van der Waals surface area contributed by atoms with Gasteiger partial charge in [0.2, 0.25) is 0 Å². The summed E-state index contributed by atoms with van der Waals surface area (Å²) in [5, 5.41) is 2.16. The van der Waals surface area contributed by atoms with Crippen molar-refractivity contribution in [1.29, 1.82) is 0 Å². The quantitative estimate of drug-likeness (QED) is 0.748. The zero-order chi connectivity index (χ0) is 13.1. The molecule has 2 aliphatic carbocycles. The number of fused-ring (bicyclic) bond motifs is 1. The van der Waals surface area contributed by atoms with Gasteiger partial charge in [-0.3, -0.25) is 4.79 Å². The maximum Gasteiger partial charge on any atom is 0.140 e. The molecular weight excluding hydrogens is 252 g/mol. The van der Waals surface area contributed by atoms with Crippen molar-refractivity contribution in [1.82, 2.24) is 0 Å². The topological polar surface area (TPSA) is 17.1 Å². The van der Waals surface area contributed by atoms with E-state index in [-0.39, 0.29) is 5.92 Å². The first-order valence-corrected chi connectivity index (χ1v) is 8.81. The molecule has 0 aliphatic heterocycles. The lowest BCUT2D eigenvalue weighted by Crippen LogP contribution is -2.18. The molecule has 1 unspecified atom stereocenters. The fourth-order valence-electron chi connectivity index (χ4n) is 3.82. The Hall–Kier alpha value is -0.630. The van der Waals surface area contributed by atoms with Crippen LogP contribution in [0.4, 0.5) is 0 Å². The number of rotatable bonds is 4. The Morgan fingerprint density at radius 3 is 2.84 bits per heavy atom. The van der Waals surface area contributed by atoms with Crippen LogP contribution >= 0.6 is 11.3 Å². The number of carbonyl (C=O) groups excluding carboxylic acids is 1. The first-order chi connectivity index (χ1) is 9.34.